The lowest BCUT2D eigenvalue weighted by Crippen LogP contribution is -2.58. The van der Waals surface area contributed by atoms with E-state index in [1.54, 1.807) is 11.1 Å². The summed E-state index contributed by atoms with van der Waals surface area (Å²) in [5.74, 6) is -2.31. The number of likely N-dealkylation sites (tertiary alicyclic amines) is 1. The minimum atomic E-state index is -2.80. The van der Waals surface area contributed by atoms with Gasteiger partial charge in [0.2, 0.25) is 0 Å². The summed E-state index contributed by atoms with van der Waals surface area (Å²) in [6, 6.07) is 6.95. The number of nitrogens with zero attached hydrogens (tertiary/aromatic N) is 4. The number of hydrogen-bond donors (Lipinski definition) is 2. The van der Waals surface area contributed by atoms with Gasteiger partial charge in [0, 0.05) is 54.6 Å². The van der Waals surface area contributed by atoms with Crippen LogP contribution in [-0.2, 0) is 6.54 Å². The Balaban J connectivity index is 1.28. The van der Waals surface area contributed by atoms with Gasteiger partial charge in [-0.2, -0.15) is 5.10 Å². The number of benzene rings is 1. The number of fused-ring (bicyclic) bond motifs is 2. The number of anilines is 1. The fourth-order valence-electron chi connectivity index (χ4n) is 6.08. The van der Waals surface area contributed by atoms with Crippen molar-refractivity contribution >= 4 is 22.6 Å². The molecule has 2 aromatic heterocycles. The number of aromatic nitrogens is 3. The predicted octanol–water partition coefficient (Wildman–Crippen LogP) is 5.18. The van der Waals surface area contributed by atoms with E-state index in [9.17, 15) is 13.6 Å². The molecular formula is C26H30F2N6O. The van der Waals surface area contributed by atoms with Crippen LogP contribution >= 0.6 is 0 Å². The van der Waals surface area contributed by atoms with Crippen molar-refractivity contribution in [2.45, 2.75) is 57.5 Å². The Morgan fingerprint density at radius 3 is 2.83 bits per heavy atom. The molecule has 0 bridgehead atoms. The molecule has 2 aliphatic heterocycles. The molecule has 7 nitrogen and oxygen atoms in total. The summed E-state index contributed by atoms with van der Waals surface area (Å²) < 4.78 is 29.6. The van der Waals surface area contributed by atoms with Gasteiger partial charge >= 0.3 is 6.03 Å². The van der Waals surface area contributed by atoms with Gasteiger partial charge in [-0.15, -0.1) is 0 Å². The second-order valence-electron chi connectivity index (χ2n) is 10.4. The highest BCUT2D eigenvalue weighted by Crippen LogP contribution is 2.37. The van der Waals surface area contributed by atoms with Crippen LogP contribution in [0, 0.1) is 12.8 Å². The van der Waals surface area contributed by atoms with Crippen LogP contribution in [0.1, 0.15) is 43.4 Å². The van der Waals surface area contributed by atoms with Crippen molar-refractivity contribution in [2.75, 3.05) is 25.0 Å². The Labute approximate surface area is 202 Å². The highest BCUT2D eigenvalue weighted by molar-refractivity contribution is 6.00. The molecule has 35 heavy (non-hydrogen) atoms. The van der Waals surface area contributed by atoms with Crippen LogP contribution in [0.5, 0.6) is 0 Å². The Bertz CT molecular complexity index is 1270. The van der Waals surface area contributed by atoms with E-state index in [-0.39, 0.29) is 19.0 Å². The third kappa shape index (κ3) is 4.37. The van der Waals surface area contributed by atoms with Gasteiger partial charge in [0.05, 0.1) is 18.1 Å². The summed E-state index contributed by atoms with van der Waals surface area (Å²) in [5, 5.41) is 11.4. The number of aromatic amines is 1. The molecular weight excluding hydrogens is 450 g/mol. The summed E-state index contributed by atoms with van der Waals surface area (Å²) in [4.78, 5) is 20.8. The summed E-state index contributed by atoms with van der Waals surface area (Å²) in [7, 11) is 0. The standard InChI is InChI=1S/C26H30F2N6O/c1-16-8-18(6-7-29-16)24-21-9-19-13-34(25(35)30-22(19)10-23(21)31-32-24)20-11-26(27,28)15-33(14-20)12-17-4-2-3-5-17/h6-10,17,20H,2-5,11-15H2,1H3,(H,30,35)(H,31,32). The molecule has 6 rings (SSSR count). The number of carbonyl (C=O) groups excluding carboxylic acids is 1. The molecule has 184 valence electrons. The van der Waals surface area contributed by atoms with E-state index >= 15 is 0 Å². The molecule has 1 saturated carbocycles. The smallest absolute Gasteiger partial charge is 0.316 e. The number of alkyl halides is 2. The number of piperidine rings is 1. The van der Waals surface area contributed by atoms with Crippen molar-refractivity contribution in [1.29, 1.82) is 0 Å². The van der Waals surface area contributed by atoms with Crippen LogP contribution in [0.4, 0.5) is 19.3 Å². The van der Waals surface area contributed by atoms with Gasteiger partial charge in [-0.25, -0.2) is 13.6 Å². The average molecular weight is 481 g/mol. The maximum atomic E-state index is 14.8. The van der Waals surface area contributed by atoms with Crippen LogP contribution < -0.4 is 5.32 Å². The van der Waals surface area contributed by atoms with Crippen molar-refractivity contribution in [2.24, 2.45) is 5.92 Å². The summed E-state index contributed by atoms with van der Waals surface area (Å²) in [6.45, 7) is 3.21. The second kappa shape index (κ2) is 8.55. The first-order chi connectivity index (χ1) is 16.8. The first-order valence-corrected chi connectivity index (χ1v) is 12.5. The fraction of sp³-hybridized carbons (Fsp3) is 0.500. The summed E-state index contributed by atoms with van der Waals surface area (Å²) in [6.07, 6.45) is 6.06. The minimum absolute atomic E-state index is 0.212. The number of hydrogen-bond acceptors (Lipinski definition) is 4. The second-order valence-corrected chi connectivity index (χ2v) is 10.4. The topological polar surface area (TPSA) is 77.2 Å². The van der Waals surface area contributed by atoms with E-state index in [4.69, 9.17) is 0 Å². The molecule has 9 heteroatoms. The predicted molar refractivity (Wildman–Crippen MR) is 130 cm³/mol. The molecule has 3 aromatic rings. The largest absolute Gasteiger partial charge is 0.322 e. The zero-order chi connectivity index (χ0) is 24.2. The van der Waals surface area contributed by atoms with Gasteiger partial charge in [0.1, 0.15) is 5.69 Å². The molecule has 1 aliphatic carbocycles. The number of amides is 2. The van der Waals surface area contributed by atoms with Crippen molar-refractivity contribution < 1.29 is 13.6 Å². The molecule has 3 aliphatic rings. The Morgan fingerprint density at radius 1 is 1.20 bits per heavy atom. The number of rotatable bonds is 4. The van der Waals surface area contributed by atoms with E-state index in [1.165, 1.54) is 12.8 Å². The Morgan fingerprint density at radius 2 is 2.03 bits per heavy atom. The highest BCUT2D eigenvalue weighted by atomic mass is 19.3. The maximum absolute atomic E-state index is 14.8. The quantitative estimate of drug-likeness (QED) is 0.539. The molecule has 1 unspecified atom stereocenters. The van der Waals surface area contributed by atoms with E-state index < -0.39 is 12.0 Å². The maximum Gasteiger partial charge on any atom is 0.322 e. The monoisotopic (exact) mass is 480 g/mol. The molecule has 2 amide bonds. The van der Waals surface area contributed by atoms with Gasteiger partial charge in [-0.1, -0.05) is 12.8 Å². The lowest BCUT2D eigenvalue weighted by molar-refractivity contribution is -0.0915. The number of carbonyl (C=O) groups is 1. The Hall–Kier alpha value is -3.07. The number of halogens is 2. The van der Waals surface area contributed by atoms with Crippen LogP contribution in [0.2, 0.25) is 0 Å². The third-order valence-electron chi connectivity index (χ3n) is 7.69. The number of urea groups is 1. The average Bonchev–Trinajstić information content (AvgIpc) is 3.45. The number of nitrogens with one attached hydrogen (secondary N) is 2. The van der Waals surface area contributed by atoms with Crippen LogP contribution in [-0.4, -0.2) is 62.6 Å². The molecule has 0 spiro atoms. The van der Waals surface area contributed by atoms with Gasteiger partial charge in [-0.05, 0) is 55.5 Å². The zero-order valence-electron chi connectivity index (χ0n) is 19.9. The van der Waals surface area contributed by atoms with E-state index in [1.807, 2.05) is 36.1 Å². The third-order valence-corrected chi connectivity index (χ3v) is 7.69. The number of H-pyrrole nitrogens is 1. The molecule has 2 fully saturated rings. The van der Waals surface area contributed by atoms with Crippen molar-refractivity contribution in [3.05, 3.63) is 41.7 Å². The van der Waals surface area contributed by atoms with Gasteiger partial charge in [-0.3, -0.25) is 15.0 Å². The van der Waals surface area contributed by atoms with Crippen LogP contribution in [0.3, 0.4) is 0 Å². The number of pyridine rings is 1. The lowest BCUT2D eigenvalue weighted by Gasteiger charge is -2.44. The minimum Gasteiger partial charge on any atom is -0.316 e. The highest BCUT2D eigenvalue weighted by Gasteiger charge is 2.44. The van der Waals surface area contributed by atoms with Crippen molar-refractivity contribution in [3.8, 4) is 11.3 Å². The fourth-order valence-corrected chi connectivity index (χ4v) is 6.08. The lowest BCUT2D eigenvalue weighted by atomic mass is 9.96. The normalized spacial score (nSPS) is 23.0. The van der Waals surface area contributed by atoms with E-state index in [0.717, 1.165) is 46.3 Å². The number of aryl methyl sites for hydroxylation is 1. The molecule has 1 saturated heterocycles. The van der Waals surface area contributed by atoms with Gasteiger partial charge < -0.3 is 10.2 Å². The van der Waals surface area contributed by atoms with Crippen molar-refractivity contribution in [3.63, 3.8) is 0 Å². The zero-order valence-corrected chi connectivity index (χ0v) is 19.9. The van der Waals surface area contributed by atoms with Gasteiger partial charge in [0.15, 0.2) is 0 Å². The first-order valence-electron chi connectivity index (χ1n) is 12.5. The molecule has 0 radical (unpaired) electrons. The summed E-state index contributed by atoms with van der Waals surface area (Å²) >= 11 is 0. The molecule has 1 aromatic carbocycles. The van der Waals surface area contributed by atoms with Crippen LogP contribution in [0.15, 0.2) is 30.5 Å². The molecule has 1 atom stereocenters. The Kier molecular flexibility index (Phi) is 5.47. The van der Waals surface area contributed by atoms with E-state index in [0.29, 0.717) is 31.2 Å². The molecule has 4 heterocycles. The first kappa shape index (κ1) is 22.4. The SMILES string of the molecule is Cc1cc(-c2n[nH]c3cc4c(cc23)CN(C2CN(CC3CCCC3)CC(F)(F)C2)C(=O)N4)ccn1. The summed E-state index contributed by atoms with van der Waals surface area (Å²) in [5.41, 5.74) is 5.08. The van der Waals surface area contributed by atoms with Crippen molar-refractivity contribution in [1.82, 2.24) is 25.0 Å². The van der Waals surface area contributed by atoms with Crippen LogP contribution in [0.25, 0.3) is 22.2 Å². The molecule has 2 N–H and O–H groups in total. The van der Waals surface area contributed by atoms with Gasteiger partial charge in [0.25, 0.3) is 5.92 Å². The van der Waals surface area contributed by atoms with E-state index in [2.05, 4.69) is 20.5 Å².